The van der Waals surface area contributed by atoms with Gasteiger partial charge in [0.25, 0.3) is 0 Å². The van der Waals surface area contributed by atoms with Gasteiger partial charge in [-0.25, -0.2) is 0 Å². The Hall–Kier alpha value is -1.96. The summed E-state index contributed by atoms with van der Waals surface area (Å²) < 4.78 is 5.97. The molecule has 2 aromatic rings. The van der Waals surface area contributed by atoms with Crippen LogP contribution in [0.15, 0.2) is 42.5 Å². The van der Waals surface area contributed by atoms with Crippen molar-refractivity contribution in [2.24, 2.45) is 0 Å². The fraction of sp³-hybridized carbons (Fsp3) is 0.429. The summed E-state index contributed by atoms with van der Waals surface area (Å²) in [6.45, 7) is 8.17. The molecule has 2 rings (SSSR count). The van der Waals surface area contributed by atoms with Crippen molar-refractivity contribution >= 4 is 5.69 Å². The minimum absolute atomic E-state index is 0.793. The van der Waals surface area contributed by atoms with Gasteiger partial charge in [0.1, 0.15) is 5.75 Å². The number of aryl methyl sites for hydroxylation is 2. The molecule has 0 aliphatic carbocycles. The zero-order valence-corrected chi connectivity index (χ0v) is 14.7. The van der Waals surface area contributed by atoms with Crippen molar-refractivity contribution in [3.8, 4) is 5.75 Å². The largest absolute Gasteiger partial charge is 0.493 e. The number of rotatable bonds is 9. The fourth-order valence-corrected chi connectivity index (χ4v) is 2.78. The summed E-state index contributed by atoms with van der Waals surface area (Å²) >= 11 is 0. The molecule has 2 nitrogen and oxygen atoms in total. The smallest absolute Gasteiger partial charge is 0.124 e. The summed E-state index contributed by atoms with van der Waals surface area (Å²) in [5, 5.41) is 3.61. The van der Waals surface area contributed by atoms with Crippen LogP contribution in [0.2, 0.25) is 0 Å². The zero-order valence-electron chi connectivity index (χ0n) is 14.7. The molecular weight excluding hydrogens is 282 g/mol. The van der Waals surface area contributed by atoms with Gasteiger partial charge in [0.15, 0.2) is 0 Å². The first-order valence-electron chi connectivity index (χ1n) is 8.79. The molecule has 1 N–H and O–H groups in total. The molecule has 0 atom stereocenters. The van der Waals surface area contributed by atoms with Crippen LogP contribution in [0.1, 0.15) is 49.8 Å². The zero-order chi connectivity index (χ0) is 16.5. The maximum Gasteiger partial charge on any atom is 0.124 e. The van der Waals surface area contributed by atoms with Gasteiger partial charge in [-0.05, 0) is 37.0 Å². The second-order valence-electron chi connectivity index (χ2n) is 5.98. The van der Waals surface area contributed by atoms with E-state index in [4.69, 9.17) is 4.74 Å². The van der Waals surface area contributed by atoms with Crippen molar-refractivity contribution in [1.82, 2.24) is 0 Å². The van der Waals surface area contributed by atoms with Crippen molar-refractivity contribution in [3.63, 3.8) is 0 Å². The Bertz CT molecular complexity index is 607. The van der Waals surface area contributed by atoms with Crippen LogP contribution in [0.3, 0.4) is 0 Å². The van der Waals surface area contributed by atoms with Crippen molar-refractivity contribution < 1.29 is 4.74 Å². The highest BCUT2D eigenvalue weighted by Gasteiger charge is 2.07. The number of hydrogen-bond acceptors (Lipinski definition) is 2. The van der Waals surface area contributed by atoms with E-state index >= 15 is 0 Å². The fourth-order valence-electron chi connectivity index (χ4n) is 2.78. The standard InChI is InChI=1S/C21H29NO/c1-4-6-9-15-23-20-14-8-7-12-19(20)16-22-21-17(3)11-10-13-18(21)5-2/h7-8,10-14,22H,4-6,9,15-16H2,1-3H3. The topological polar surface area (TPSA) is 21.3 Å². The summed E-state index contributed by atoms with van der Waals surface area (Å²) in [6, 6.07) is 14.8. The molecule has 0 spiro atoms. The van der Waals surface area contributed by atoms with Crippen LogP contribution in [0.5, 0.6) is 5.75 Å². The maximum atomic E-state index is 5.97. The van der Waals surface area contributed by atoms with Crippen LogP contribution in [-0.4, -0.2) is 6.61 Å². The number of ether oxygens (including phenoxy) is 1. The van der Waals surface area contributed by atoms with E-state index in [-0.39, 0.29) is 0 Å². The van der Waals surface area contributed by atoms with Crippen LogP contribution in [0.25, 0.3) is 0 Å². The highest BCUT2D eigenvalue weighted by molar-refractivity contribution is 5.57. The third-order valence-corrected chi connectivity index (χ3v) is 4.17. The summed E-state index contributed by atoms with van der Waals surface area (Å²) in [5.74, 6) is 1.00. The lowest BCUT2D eigenvalue weighted by molar-refractivity contribution is 0.303. The van der Waals surface area contributed by atoms with Crippen molar-refractivity contribution in [2.75, 3.05) is 11.9 Å². The third-order valence-electron chi connectivity index (χ3n) is 4.17. The van der Waals surface area contributed by atoms with Gasteiger partial charge in [-0.15, -0.1) is 0 Å². The summed E-state index contributed by atoms with van der Waals surface area (Å²) in [7, 11) is 0. The van der Waals surface area contributed by atoms with Gasteiger partial charge in [-0.3, -0.25) is 0 Å². The molecule has 23 heavy (non-hydrogen) atoms. The van der Waals surface area contributed by atoms with Gasteiger partial charge in [-0.2, -0.15) is 0 Å². The maximum absolute atomic E-state index is 5.97. The second kappa shape index (κ2) is 9.24. The average Bonchev–Trinajstić information content (AvgIpc) is 2.58. The first-order valence-corrected chi connectivity index (χ1v) is 8.79. The Morgan fingerprint density at radius 2 is 1.70 bits per heavy atom. The molecule has 0 radical (unpaired) electrons. The first kappa shape index (κ1) is 17.4. The molecule has 0 aliphatic heterocycles. The summed E-state index contributed by atoms with van der Waals surface area (Å²) in [5.41, 5.74) is 5.14. The molecule has 0 unspecified atom stereocenters. The monoisotopic (exact) mass is 311 g/mol. The quantitative estimate of drug-likeness (QED) is 0.596. The Morgan fingerprint density at radius 1 is 0.913 bits per heavy atom. The van der Waals surface area contributed by atoms with Crippen LogP contribution >= 0.6 is 0 Å². The van der Waals surface area contributed by atoms with Crippen LogP contribution < -0.4 is 10.1 Å². The average molecular weight is 311 g/mol. The molecule has 0 aliphatic rings. The molecular formula is C21H29NO. The minimum atomic E-state index is 0.793. The molecule has 0 saturated heterocycles. The normalized spacial score (nSPS) is 10.6. The summed E-state index contributed by atoms with van der Waals surface area (Å²) in [4.78, 5) is 0. The molecule has 0 fully saturated rings. The van der Waals surface area contributed by atoms with E-state index in [9.17, 15) is 0 Å². The van der Waals surface area contributed by atoms with E-state index in [0.29, 0.717) is 0 Å². The van der Waals surface area contributed by atoms with Gasteiger partial charge < -0.3 is 10.1 Å². The molecule has 0 heterocycles. The first-order chi connectivity index (χ1) is 11.3. The lowest BCUT2D eigenvalue weighted by Crippen LogP contribution is -2.07. The highest BCUT2D eigenvalue weighted by atomic mass is 16.5. The summed E-state index contributed by atoms with van der Waals surface area (Å²) in [6.07, 6.45) is 4.61. The van der Waals surface area contributed by atoms with E-state index in [1.807, 2.05) is 6.07 Å². The minimum Gasteiger partial charge on any atom is -0.493 e. The second-order valence-corrected chi connectivity index (χ2v) is 5.98. The van der Waals surface area contributed by atoms with Gasteiger partial charge in [0.2, 0.25) is 0 Å². The molecule has 0 bridgehead atoms. The Labute approximate surface area is 140 Å². The number of anilines is 1. The predicted molar refractivity (Wildman–Crippen MR) is 99.3 cm³/mol. The molecule has 0 saturated carbocycles. The van der Waals surface area contributed by atoms with E-state index in [1.165, 1.54) is 35.2 Å². The van der Waals surface area contributed by atoms with E-state index in [0.717, 1.165) is 31.7 Å². The molecule has 124 valence electrons. The third kappa shape index (κ3) is 5.02. The number of hydrogen-bond donors (Lipinski definition) is 1. The van der Waals surface area contributed by atoms with Gasteiger partial charge in [0.05, 0.1) is 6.61 Å². The molecule has 2 heteroatoms. The number of benzene rings is 2. The number of nitrogens with one attached hydrogen (secondary N) is 1. The lowest BCUT2D eigenvalue weighted by atomic mass is 10.1. The highest BCUT2D eigenvalue weighted by Crippen LogP contribution is 2.24. The van der Waals surface area contributed by atoms with Crippen LogP contribution in [0, 0.1) is 6.92 Å². The predicted octanol–water partition coefficient (Wildman–Crippen LogP) is 5.74. The number of unbranched alkanes of at least 4 members (excludes halogenated alkanes) is 2. The molecule has 0 aromatic heterocycles. The van der Waals surface area contributed by atoms with Crippen molar-refractivity contribution in [1.29, 1.82) is 0 Å². The van der Waals surface area contributed by atoms with Crippen LogP contribution in [-0.2, 0) is 13.0 Å². The number of para-hydroxylation sites is 2. The Balaban J connectivity index is 2.03. The SMILES string of the molecule is CCCCCOc1ccccc1CNc1c(C)cccc1CC. The lowest BCUT2D eigenvalue weighted by Gasteiger charge is -2.16. The van der Waals surface area contributed by atoms with Crippen molar-refractivity contribution in [2.45, 2.75) is 53.0 Å². The molecule has 0 amide bonds. The van der Waals surface area contributed by atoms with Gasteiger partial charge in [-0.1, -0.05) is 63.1 Å². The molecule has 2 aromatic carbocycles. The van der Waals surface area contributed by atoms with Crippen molar-refractivity contribution in [3.05, 3.63) is 59.2 Å². The van der Waals surface area contributed by atoms with Gasteiger partial charge >= 0.3 is 0 Å². The Kier molecular flexibility index (Phi) is 6.99. The van der Waals surface area contributed by atoms with E-state index in [1.54, 1.807) is 0 Å². The van der Waals surface area contributed by atoms with E-state index in [2.05, 4.69) is 62.5 Å². The van der Waals surface area contributed by atoms with Crippen LogP contribution in [0.4, 0.5) is 5.69 Å². The van der Waals surface area contributed by atoms with Gasteiger partial charge in [0, 0.05) is 17.8 Å². The Morgan fingerprint density at radius 3 is 2.48 bits per heavy atom. The van der Waals surface area contributed by atoms with E-state index < -0.39 is 0 Å².